The highest BCUT2D eigenvalue weighted by Gasteiger charge is 2.52. The van der Waals surface area contributed by atoms with Crippen LogP contribution in [0.2, 0.25) is 10.0 Å². The molecule has 3 heterocycles. The standard InChI is InChI=1S/C27H23Cl2F3N4O3/c28-15-3-8-22(33-11-15)27(39)20-7-4-17(30)10-21(20)36(26(27)38)13-14-1-5-18(6-2-14)35-25(37)19-9-16(29)12-34-23(19)24(31)32/h3-4,7-12,14,18,24,39H,1-2,5-6,13H2,(H,35,37)/t14-,18-,27?. The number of carbonyl (C=O) groups is 2. The highest BCUT2D eigenvalue weighted by molar-refractivity contribution is 6.31. The summed E-state index contributed by atoms with van der Waals surface area (Å²) in [6, 6.07) is 7.64. The molecule has 2 N–H and O–H groups in total. The van der Waals surface area contributed by atoms with Gasteiger partial charge in [0.25, 0.3) is 18.2 Å². The molecule has 0 bridgehead atoms. The largest absolute Gasteiger partial charge is 0.370 e. The molecule has 2 aliphatic rings. The number of benzene rings is 1. The number of hydrogen-bond acceptors (Lipinski definition) is 5. The smallest absolute Gasteiger partial charge is 0.281 e. The topological polar surface area (TPSA) is 95.4 Å². The van der Waals surface area contributed by atoms with Gasteiger partial charge < -0.3 is 15.3 Å². The molecule has 1 saturated carbocycles. The predicted octanol–water partition coefficient (Wildman–Crippen LogP) is 5.43. The Morgan fingerprint density at radius 3 is 2.46 bits per heavy atom. The molecule has 12 heteroatoms. The number of halogens is 5. The zero-order chi connectivity index (χ0) is 27.9. The van der Waals surface area contributed by atoms with Crippen LogP contribution in [0, 0.1) is 11.7 Å². The van der Waals surface area contributed by atoms with Crippen molar-refractivity contribution >= 4 is 40.7 Å². The Morgan fingerprint density at radius 1 is 1.08 bits per heavy atom. The summed E-state index contributed by atoms with van der Waals surface area (Å²) in [5.74, 6) is -1.88. The number of aromatic nitrogens is 2. The van der Waals surface area contributed by atoms with Crippen molar-refractivity contribution in [2.24, 2.45) is 5.92 Å². The number of nitrogens with one attached hydrogen (secondary N) is 1. The predicted molar refractivity (Wildman–Crippen MR) is 138 cm³/mol. The van der Waals surface area contributed by atoms with Crippen LogP contribution < -0.4 is 10.2 Å². The molecule has 0 spiro atoms. The van der Waals surface area contributed by atoms with Crippen LogP contribution in [0.5, 0.6) is 0 Å². The van der Waals surface area contributed by atoms with E-state index in [-0.39, 0.29) is 46.0 Å². The number of amides is 2. The monoisotopic (exact) mass is 578 g/mol. The first-order chi connectivity index (χ1) is 18.6. The Kier molecular flexibility index (Phi) is 7.54. The maximum absolute atomic E-state index is 14.2. The average molecular weight is 579 g/mol. The summed E-state index contributed by atoms with van der Waals surface area (Å²) >= 11 is 11.8. The summed E-state index contributed by atoms with van der Waals surface area (Å²) in [6.07, 6.45) is 1.75. The first-order valence-electron chi connectivity index (χ1n) is 12.3. The lowest BCUT2D eigenvalue weighted by Gasteiger charge is -2.32. The minimum atomic E-state index is -2.92. The van der Waals surface area contributed by atoms with Crippen molar-refractivity contribution in [3.8, 4) is 0 Å². The molecular weight excluding hydrogens is 556 g/mol. The summed E-state index contributed by atoms with van der Waals surface area (Å²) < 4.78 is 40.8. The Hall–Kier alpha value is -3.21. The van der Waals surface area contributed by atoms with Gasteiger partial charge in [0, 0.05) is 30.5 Å². The molecule has 1 aromatic carbocycles. The zero-order valence-corrected chi connectivity index (χ0v) is 21.9. The average Bonchev–Trinajstić information content (AvgIpc) is 3.11. The third kappa shape index (κ3) is 5.20. The fraction of sp³-hybridized carbons (Fsp3) is 0.333. The lowest BCUT2D eigenvalue weighted by molar-refractivity contribution is -0.132. The Bertz CT molecular complexity index is 1420. The number of alkyl halides is 2. The molecule has 7 nitrogen and oxygen atoms in total. The van der Waals surface area contributed by atoms with E-state index >= 15 is 0 Å². The number of aliphatic hydroxyl groups is 1. The third-order valence-corrected chi connectivity index (χ3v) is 7.68. The van der Waals surface area contributed by atoms with Gasteiger partial charge in [-0.15, -0.1) is 0 Å². The van der Waals surface area contributed by atoms with E-state index in [1.54, 1.807) is 0 Å². The van der Waals surface area contributed by atoms with E-state index in [0.717, 1.165) is 6.20 Å². The van der Waals surface area contributed by atoms with Gasteiger partial charge in [0.2, 0.25) is 5.60 Å². The molecule has 2 amide bonds. The van der Waals surface area contributed by atoms with Crippen LogP contribution in [0.4, 0.5) is 18.9 Å². The number of pyridine rings is 2. The van der Waals surface area contributed by atoms with Gasteiger partial charge in [-0.1, -0.05) is 29.3 Å². The number of hydrogen-bond donors (Lipinski definition) is 2. The highest BCUT2D eigenvalue weighted by Crippen LogP contribution is 2.45. The zero-order valence-electron chi connectivity index (χ0n) is 20.4. The minimum absolute atomic E-state index is 0.0109. The van der Waals surface area contributed by atoms with Gasteiger partial charge in [0.15, 0.2) is 0 Å². The highest BCUT2D eigenvalue weighted by atomic mass is 35.5. The number of carbonyl (C=O) groups excluding carboxylic acids is 2. The van der Waals surface area contributed by atoms with E-state index in [2.05, 4.69) is 15.3 Å². The molecule has 1 fully saturated rings. The summed E-state index contributed by atoms with van der Waals surface area (Å²) in [5.41, 5.74) is -2.41. The number of fused-ring (bicyclic) bond motifs is 1. The van der Waals surface area contributed by atoms with Gasteiger partial charge >= 0.3 is 0 Å². The van der Waals surface area contributed by atoms with Crippen molar-refractivity contribution < 1.29 is 27.9 Å². The van der Waals surface area contributed by atoms with Crippen LogP contribution in [0.25, 0.3) is 0 Å². The van der Waals surface area contributed by atoms with Crippen molar-refractivity contribution in [1.82, 2.24) is 15.3 Å². The van der Waals surface area contributed by atoms with Crippen LogP contribution >= 0.6 is 23.2 Å². The van der Waals surface area contributed by atoms with E-state index in [1.807, 2.05) is 0 Å². The SMILES string of the molecule is O=C(N[C@H]1CC[C@H](CN2C(=O)C(O)(c3ccc(Cl)cn3)c3ccc(F)cc32)CC1)c1cc(Cl)cnc1C(F)F. The van der Waals surface area contributed by atoms with Gasteiger partial charge in [-0.2, -0.15) is 0 Å². The molecule has 204 valence electrons. The molecule has 0 saturated heterocycles. The summed E-state index contributed by atoms with van der Waals surface area (Å²) in [7, 11) is 0. The molecule has 3 aromatic rings. The quantitative estimate of drug-likeness (QED) is 0.406. The lowest BCUT2D eigenvalue weighted by atomic mass is 9.85. The van der Waals surface area contributed by atoms with Gasteiger partial charge in [-0.05, 0) is 61.9 Å². The number of anilines is 1. The minimum Gasteiger partial charge on any atom is -0.370 e. The fourth-order valence-corrected chi connectivity index (χ4v) is 5.56. The Labute approximate surface area is 232 Å². The molecule has 5 rings (SSSR count). The van der Waals surface area contributed by atoms with E-state index in [9.17, 15) is 27.9 Å². The van der Waals surface area contributed by atoms with Crippen LogP contribution in [-0.4, -0.2) is 39.5 Å². The second-order valence-electron chi connectivity index (χ2n) is 9.73. The van der Waals surface area contributed by atoms with Gasteiger partial charge in [-0.25, -0.2) is 13.2 Å². The van der Waals surface area contributed by atoms with Gasteiger partial charge in [0.1, 0.15) is 11.5 Å². The molecular formula is C27H23Cl2F3N4O3. The van der Waals surface area contributed by atoms with Gasteiger partial charge in [0.05, 0.1) is 27.0 Å². The summed E-state index contributed by atoms with van der Waals surface area (Å²) in [5, 5.41) is 14.8. The second kappa shape index (κ2) is 10.7. The molecule has 1 aliphatic heterocycles. The van der Waals surface area contributed by atoms with E-state index in [4.69, 9.17) is 23.2 Å². The van der Waals surface area contributed by atoms with E-state index in [0.29, 0.717) is 30.7 Å². The number of rotatable bonds is 6. The number of nitrogens with zero attached hydrogens (tertiary/aromatic N) is 3. The maximum atomic E-state index is 14.2. The van der Waals surface area contributed by atoms with Crippen LogP contribution in [-0.2, 0) is 10.4 Å². The molecule has 1 aliphatic carbocycles. The second-order valence-corrected chi connectivity index (χ2v) is 10.6. The van der Waals surface area contributed by atoms with Crippen molar-refractivity contribution in [2.75, 3.05) is 11.4 Å². The van der Waals surface area contributed by atoms with E-state index < -0.39 is 35.4 Å². The van der Waals surface area contributed by atoms with Crippen LogP contribution in [0.1, 0.15) is 59.4 Å². The third-order valence-electron chi connectivity index (χ3n) is 7.25. The Balaban J connectivity index is 1.28. The molecule has 2 aromatic heterocycles. The van der Waals surface area contributed by atoms with Gasteiger partial charge in [-0.3, -0.25) is 19.6 Å². The summed E-state index contributed by atoms with van der Waals surface area (Å²) in [4.78, 5) is 35.4. The van der Waals surface area contributed by atoms with Crippen LogP contribution in [0.3, 0.4) is 0 Å². The van der Waals surface area contributed by atoms with Crippen molar-refractivity contribution in [1.29, 1.82) is 0 Å². The first-order valence-corrected chi connectivity index (χ1v) is 13.0. The maximum Gasteiger partial charge on any atom is 0.281 e. The molecule has 39 heavy (non-hydrogen) atoms. The molecule has 1 unspecified atom stereocenters. The molecule has 1 atom stereocenters. The fourth-order valence-electron chi connectivity index (χ4n) is 5.29. The van der Waals surface area contributed by atoms with E-state index in [1.165, 1.54) is 47.5 Å². The summed E-state index contributed by atoms with van der Waals surface area (Å²) in [6.45, 7) is 0.222. The normalized spacial score (nSPS) is 22.7. The van der Waals surface area contributed by atoms with Crippen molar-refractivity contribution in [3.63, 3.8) is 0 Å². The first kappa shape index (κ1) is 27.4. The molecule has 0 radical (unpaired) electrons. The Morgan fingerprint density at radius 2 is 1.79 bits per heavy atom. The van der Waals surface area contributed by atoms with Crippen molar-refractivity contribution in [3.05, 3.63) is 87.2 Å². The van der Waals surface area contributed by atoms with Crippen molar-refractivity contribution in [2.45, 2.75) is 43.8 Å². The van der Waals surface area contributed by atoms with Crippen LogP contribution in [0.15, 0.2) is 48.8 Å². The lowest BCUT2D eigenvalue weighted by Crippen LogP contribution is -2.45.